The molecule has 0 aliphatic carbocycles. The van der Waals surface area contributed by atoms with E-state index in [9.17, 15) is 5.11 Å². The van der Waals surface area contributed by atoms with Gasteiger partial charge in [0.2, 0.25) is 11.8 Å². The van der Waals surface area contributed by atoms with E-state index >= 15 is 0 Å². The van der Waals surface area contributed by atoms with Crippen LogP contribution in [-0.4, -0.2) is 42.5 Å². The van der Waals surface area contributed by atoms with Crippen molar-refractivity contribution in [1.82, 2.24) is 9.97 Å². The second-order valence-electron chi connectivity index (χ2n) is 3.31. The van der Waals surface area contributed by atoms with E-state index in [1.165, 1.54) is 20.4 Å². The molecule has 1 aromatic rings. The number of aromatic nitrogens is 2. The molecule has 0 aromatic carbocycles. The van der Waals surface area contributed by atoms with E-state index in [1.807, 2.05) is 6.92 Å². The Balaban J connectivity index is 2.74. The second-order valence-corrected chi connectivity index (χ2v) is 3.31. The maximum Gasteiger partial charge on any atom is 0.241 e. The van der Waals surface area contributed by atoms with Crippen LogP contribution in [0, 0.1) is 0 Å². The van der Waals surface area contributed by atoms with Crippen LogP contribution >= 0.6 is 0 Å². The lowest BCUT2D eigenvalue weighted by atomic mass is 10.2. The molecule has 0 spiro atoms. The van der Waals surface area contributed by atoms with E-state index in [-0.39, 0.29) is 5.88 Å². The van der Waals surface area contributed by atoms with Gasteiger partial charge >= 0.3 is 0 Å². The van der Waals surface area contributed by atoms with E-state index < -0.39 is 6.10 Å². The Kier molecular flexibility index (Phi) is 5.65. The predicted molar refractivity (Wildman–Crippen MR) is 61.2 cm³/mol. The molecule has 0 amide bonds. The van der Waals surface area contributed by atoms with Gasteiger partial charge in [-0.05, 0) is 6.92 Å². The summed E-state index contributed by atoms with van der Waals surface area (Å²) in [5.41, 5.74) is 0.396. The van der Waals surface area contributed by atoms with Crippen LogP contribution in [-0.2, 0) is 4.74 Å². The monoisotopic (exact) mass is 242 g/mol. The van der Waals surface area contributed by atoms with E-state index in [4.69, 9.17) is 14.2 Å². The topological polar surface area (TPSA) is 73.7 Å². The van der Waals surface area contributed by atoms with Gasteiger partial charge in [0.05, 0.1) is 20.4 Å². The molecule has 1 unspecified atom stereocenters. The zero-order chi connectivity index (χ0) is 12.7. The summed E-state index contributed by atoms with van der Waals surface area (Å²) in [5.74, 6) is 0.621. The minimum Gasteiger partial charge on any atom is -0.480 e. The Labute approximate surface area is 101 Å². The molecule has 0 aliphatic heterocycles. The number of rotatable bonds is 7. The van der Waals surface area contributed by atoms with Gasteiger partial charge in [-0.25, -0.2) is 4.98 Å². The lowest BCUT2D eigenvalue weighted by molar-refractivity contribution is 0.0846. The molecule has 1 N–H and O–H groups in total. The number of ether oxygens (including phenoxy) is 3. The zero-order valence-electron chi connectivity index (χ0n) is 10.3. The minimum atomic E-state index is -0.755. The fourth-order valence-electron chi connectivity index (χ4n) is 1.32. The van der Waals surface area contributed by atoms with Gasteiger partial charge in [0.25, 0.3) is 0 Å². The maximum atomic E-state index is 9.92. The molecular weight excluding hydrogens is 224 g/mol. The lowest BCUT2D eigenvalue weighted by Crippen LogP contribution is -2.08. The SMILES string of the molecule is CCOCCC(O)c1ncc(OC)nc1OC. The van der Waals surface area contributed by atoms with Crippen molar-refractivity contribution in [2.45, 2.75) is 19.4 Å². The highest BCUT2D eigenvalue weighted by Gasteiger charge is 2.17. The van der Waals surface area contributed by atoms with Gasteiger partial charge in [0, 0.05) is 19.6 Å². The number of methoxy groups -OCH3 is 2. The zero-order valence-corrected chi connectivity index (χ0v) is 10.3. The molecule has 0 fully saturated rings. The summed E-state index contributed by atoms with van der Waals surface area (Å²) < 4.78 is 15.2. The second kappa shape index (κ2) is 7.03. The predicted octanol–water partition coefficient (Wildman–Crippen LogP) is 0.954. The van der Waals surface area contributed by atoms with Crippen LogP contribution in [0.1, 0.15) is 25.1 Å². The summed E-state index contributed by atoms with van der Waals surface area (Å²) >= 11 is 0. The van der Waals surface area contributed by atoms with Gasteiger partial charge in [-0.15, -0.1) is 0 Å². The third kappa shape index (κ3) is 3.83. The van der Waals surface area contributed by atoms with Gasteiger partial charge in [-0.1, -0.05) is 0 Å². The van der Waals surface area contributed by atoms with Gasteiger partial charge in [-0.3, -0.25) is 0 Å². The first-order valence-electron chi connectivity index (χ1n) is 5.43. The van der Waals surface area contributed by atoms with Gasteiger partial charge in [-0.2, -0.15) is 4.98 Å². The number of aliphatic hydroxyl groups is 1. The minimum absolute atomic E-state index is 0.272. The van der Waals surface area contributed by atoms with Crippen molar-refractivity contribution in [3.8, 4) is 11.8 Å². The lowest BCUT2D eigenvalue weighted by Gasteiger charge is -2.13. The molecule has 6 heteroatoms. The number of hydrogen-bond donors (Lipinski definition) is 1. The van der Waals surface area contributed by atoms with Crippen LogP contribution in [0.15, 0.2) is 6.20 Å². The first kappa shape index (κ1) is 13.7. The van der Waals surface area contributed by atoms with E-state index in [0.717, 1.165) is 0 Å². The average Bonchev–Trinajstić information content (AvgIpc) is 2.38. The fourth-order valence-corrected chi connectivity index (χ4v) is 1.32. The highest BCUT2D eigenvalue weighted by atomic mass is 16.5. The summed E-state index contributed by atoms with van der Waals surface area (Å²) in [7, 11) is 2.97. The van der Waals surface area contributed by atoms with E-state index in [0.29, 0.717) is 31.2 Å². The van der Waals surface area contributed by atoms with Crippen LogP contribution in [0.4, 0.5) is 0 Å². The van der Waals surface area contributed by atoms with Gasteiger partial charge in [0.1, 0.15) is 11.8 Å². The third-order valence-electron chi connectivity index (χ3n) is 2.20. The van der Waals surface area contributed by atoms with Crippen molar-refractivity contribution in [1.29, 1.82) is 0 Å². The molecule has 1 atom stereocenters. The number of hydrogen-bond acceptors (Lipinski definition) is 6. The first-order valence-corrected chi connectivity index (χ1v) is 5.43. The van der Waals surface area contributed by atoms with Crippen LogP contribution in [0.3, 0.4) is 0 Å². The number of nitrogens with zero attached hydrogens (tertiary/aromatic N) is 2. The Bertz CT molecular complexity index is 346. The van der Waals surface area contributed by atoms with Crippen molar-refractivity contribution < 1.29 is 19.3 Å². The molecule has 1 aromatic heterocycles. The van der Waals surface area contributed by atoms with Crippen LogP contribution < -0.4 is 9.47 Å². The highest BCUT2D eigenvalue weighted by molar-refractivity contribution is 5.24. The smallest absolute Gasteiger partial charge is 0.241 e. The van der Waals surface area contributed by atoms with Crippen LogP contribution in [0.2, 0.25) is 0 Å². The Hall–Kier alpha value is -1.40. The Morgan fingerprint density at radius 1 is 1.35 bits per heavy atom. The Morgan fingerprint density at radius 2 is 2.12 bits per heavy atom. The van der Waals surface area contributed by atoms with Gasteiger partial charge in [0.15, 0.2) is 0 Å². The standard InChI is InChI=1S/C11H18N2O4/c1-4-17-6-5-8(14)10-11(16-3)13-9(15-2)7-12-10/h7-8,14H,4-6H2,1-3H3. The molecule has 0 aliphatic rings. The van der Waals surface area contributed by atoms with Crippen molar-refractivity contribution in [3.05, 3.63) is 11.9 Å². The molecule has 1 rings (SSSR count). The normalized spacial score (nSPS) is 12.2. The summed E-state index contributed by atoms with van der Waals surface area (Å²) in [5, 5.41) is 9.92. The molecule has 0 radical (unpaired) electrons. The van der Waals surface area contributed by atoms with E-state index in [1.54, 1.807) is 0 Å². The summed E-state index contributed by atoms with van der Waals surface area (Å²) in [6, 6.07) is 0. The first-order chi connectivity index (χ1) is 8.22. The van der Waals surface area contributed by atoms with Crippen molar-refractivity contribution in [2.24, 2.45) is 0 Å². The largest absolute Gasteiger partial charge is 0.480 e. The van der Waals surface area contributed by atoms with E-state index in [2.05, 4.69) is 9.97 Å². The van der Waals surface area contributed by atoms with Crippen LogP contribution in [0.25, 0.3) is 0 Å². The number of aliphatic hydroxyl groups excluding tert-OH is 1. The van der Waals surface area contributed by atoms with Crippen molar-refractivity contribution in [3.63, 3.8) is 0 Å². The van der Waals surface area contributed by atoms with Gasteiger partial charge < -0.3 is 19.3 Å². The molecular formula is C11H18N2O4. The molecule has 17 heavy (non-hydrogen) atoms. The summed E-state index contributed by atoms with van der Waals surface area (Å²) in [4.78, 5) is 8.13. The quantitative estimate of drug-likeness (QED) is 0.718. The molecule has 1 heterocycles. The molecule has 0 saturated carbocycles. The molecule has 0 bridgehead atoms. The maximum absolute atomic E-state index is 9.92. The van der Waals surface area contributed by atoms with Crippen LogP contribution in [0.5, 0.6) is 11.8 Å². The Morgan fingerprint density at radius 3 is 2.71 bits per heavy atom. The fraction of sp³-hybridized carbons (Fsp3) is 0.636. The molecule has 0 saturated heterocycles. The van der Waals surface area contributed by atoms with Crippen molar-refractivity contribution >= 4 is 0 Å². The van der Waals surface area contributed by atoms with Crippen molar-refractivity contribution in [2.75, 3.05) is 27.4 Å². The summed E-state index contributed by atoms with van der Waals surface area (Å²) in [6.07, 6.45) is 1.14. The average molecular weight is 242 g/mol. The third-order valence-corrected chi connectivity index (χ3v) is 2.20. The highest BCUT2D eigenvalue weighted by Crippen LogP contribution is 2.24. The molecule has 6 nitrogen and oxygen atoms in total. The summed E-state index contributed by atoms with van der Waals surface area (Å²) in [6.45, 7) is 2.99. The molecule has 96 valence electrons.